The Hall–Kier alpha value is -2.18. The smallest absolute Gasteiger partial charge is 0.219 e. The Balaban J connectivity index is 1.24. The number of amides is 1. The average molecular weight is 412 g/mol. The maximum atomic E-state index is 13.9. The lowest BCUT2D eigenvalue weighted by molar-refractivity contribution is -0.130. The van der Waals surface area contributed by atoms with Gasteiger partial charge in [0.15, 0.2) is 0 Å². The number of hydrogen-bond donors (Lipinski definition) is 0. The fraction of sp³-hybridized carbons (Fsp3) is 0.542. The minimum absolute atomic E-state index is 0.00718. The summed E-state index contributed by atoms with van der Waals surface area (Å²) in [4.78, 5) is 19.4. The topological polar surface area (TPSA) is 39.9 Å². The number of nitrogens with zero attached hydrogens (tertiary/aromatic N) is 3. The van der Waals surface area contributed by atoms with Gasteiger partial charge < -0.3 is 9.32 Å². The number of hydrogen-bond acceptors (Lipinski definition) is 4. The lowest BCUT2D eigenvalue weighted by Crippen LogP contribution is -2.45. The predicted molar refractivity (Wildman–Crippen MR) is 112 cm³/mol. The molecule has 0 bridgehead atoms. The van der Waals surface area contributed by atoms with Crippen molar-refractivity contribution in [3.63, 3.8) is 0 Å². The van der Waals surface area contributed by atoms with Gasteiger partial charge in [0.05, 0.1) is 18.8 Å². The molecule has 1 amide bonds. The summed E-state index contributed by atoms with van der Waals surface area (Å²) >= 11 is 0. The second-order valence-corrected chi connectivity index (χ2v) is 9.14. The summed E-state index contributed by atoms with van der Waals surface area (Å²) in [6.07, 6.45) is 4.08. The molecule has 0 aliphatic carbocycles. The number of benzene rings is 1. The van der Waals surface area contributed by atoms with Gasteiger partial charge in [-0.05, 0) is 48.6 Å². The van der Waals surface area contributed by atoms with Gasteiger partial charge in [-0.15, -0.1) is 0 Å². The molecular weight excluding hydrogens is 381 g/mol. The molecule has 0 unspecified atom stereocenters. The maximum absolute atomic E-state index is 13.9. The highest BCUT2D eigenvalue weighted by Crippen LogP contribution is 2.46. The molecule has 0 radical (unpaired) electrons. The molecule has 0 saturated carbocycles. The quantitative estimate of drug-likeness (QED) is 0.772. The first-order valence-corrected chi connectivity index (χ1v) is 11.1. The standard InChI is InChI=1S/C24H30FN3O2/c1-17(29)28-14-19-13-27(16-23(19)24(28)18-4-2-5-20(25)12-18)21-7-9-26(10-8-21)15-22-6-3-11-30-22/h2-6,11-12,19,21,23-24H,7-10,13-16H2,1H3/t19-,23-,24+/m1/s1. The van der Waals surface area contributed by atoms with Crippen LogP contribution >= 0.6 is 0 Å². The molecule has 1 aromatic heterocycles. The third-order valence-corrected chi connectivity index (χ3v) is 7.32. The van der Waals surface area contributed by atoms with Crippen molar-refractivity contribution in [1.29, 1.82) is 0 Å². The molecule has 0 spiro atoms. The fourth-order valence-electron chi connectivity index (χ4n) is 5.88. The average Bonchev–Trinajstić information content (AvgIpc) is 3.44. The van der Waals surface area contributed by atoms with Crippen molar-refractivity contribution in [3.8, 4) is 0 Å². The van der Waals surface area contributed by atoms with E-state index in [1.165, 1.54) is 18.9 Å². The van der Waals surface area contributed by atoms with Crippen molar-refractivity contribution in [2.75, 3.05) is 32.7 Å². The van der Waals surface area contributed by atoms with E-state index in [0.29, 0.717) is 17.9 Å². The van der Waals surface area contributed by atoms with E-state index in [4.69, 9.17) is 4.42 Å². The monoisotopic (exact) mass is 411 g/mol. The van der Waals surface area contributed by atoms with E-state index < -0.39 is 0 Å². The molecule has 0 N–H and O–H groups in total. The van der Waals surface area contributed by atoms with Gasteiger partial charge in [-0.2, -0.15) is 0 Å². The fourth-order valence-corrected chi connectivity index (χ4v) is 5.88. The molecule has 4 heterocycles. The first kappa shape index (κ1) is 19.8. The van der Waals surface area contributed by atoms with Gasteiger partial charge in [0, 0.05) is 51.6 Å². The Kier molecular flexibility index (Phi) is 5.37. The summed E-state index contributed by atoms with van der Waals surface area (Å²) in [5.74, 6) is 1.77. The SMILES string of the molecule is CC(=O)N1C[C@H]2CN(C3CCN(Cc4ccco4)CC3)C[C@H]2[C@@H]1c1cccc(F)c1. The van der Waals surface area contributed by atoms with Crippen molar-refractivity contribution < 1.29 is 13.6 Å². The molecule has 5 nitrogen and oxygen atoms in total. The lowest BCUT2D eigenvalue weighted by atomic mass is 9.89. The minimum atomic E-state index is -0.224. The van der Waals surface area contributed by atoms with Crippen LogP contribution in [-0.2, 0) is 11.3 Å². The van der Waals surface area contributed by atoms with Crippen LogP contribution in [0.4, 0.5) is 4.39 Å². The number of carbonyl (C=O) groups is 1. The Morgan fingerprint density at radius 2 is 1.97 bits per heavy atom. The zero-order chi connectivity index (χ0) is 20.7. The first-order chi connectivity index (χ1) is 14.6. The van der Waals surface area contributed by atoms with Crippen molar-refractivity contribution in [3.05, 3.63) is 59.8 Å². The third-order valence-electron chi connectivity index (χ3n) is 7.32. The molecule has 3 atom stereocenters. The van der Waals surface area contributed by atoms with E-state index in [-0.39, 0.29) is 17.8 Å². The summed E-state index contributed by atoms with van der Waals surface area (Å²) in [5.41, 5.74) is 0.938. The van der Waals surface area contributed by atoms with E-state index in [9.17, 15) is 9.18 Å². The van der Waals surface area contributed by atoms with Crippen LogP contribution < -0.4 is 0 Å². The number of rotatable bonds is 4. The summed E-state index contributed by atoms with van der Waals surface area (Å²) in [5, 5.41) is 0. The van der Waals surface area contributed by atoms with Gasteiger partial charge in [0.1, 0.15) is 11.6 Å². The Labute approximate surface area is 177 Å². The van der Waals surface area contributed by atoms with E-state index in [1.54, 1.807) is 25.3 Å². The van der Waals surface area contributed by atoms with Crippen LogP contribution in [0.15, 0.2) is 47.1 Å². The molecule has 3 fully saturated rings. The first-order valence-electron chi connectivity index (χ1n) is 11.1. The molecule has 2 aromatic rings. The summed E-state index contributed by atoms with van der Waals surface area (Å²) < 4.78 is 19.4. The normalized spacial score (nSPS) is 28.2. The van der Waals surface area contributed by atoms with Crippen LogP contribution in [-0.4, -0.2) is 59.4 Å². The number of likely N-dealkylation sites (tertiary alicyclic amines) is 3. The van der Waals surface area contributed by atoms with Crippen molar-refractivity contribution >= 4 is 5.91 Å². The van der Waals surface area contributed by atoms with Crippen LogP contribution in [0.5, 0.6) is 0 Å². The van der Waals surface area contributed by atoms with Crippen molar-refractivity contribution in [1.82, 2.24) is 14.7 Å². The summed E-state index contributed by atoms with van der Waals surface area (Å²) in [7, 11) is 0. The Bertz CT molecular complexity index is 878. The highest BCUT2D eigenvalue weighted by molar-refractivity contribution is 5.74. The molecule has 6 heteroatoms. The van der Waals surface area contributed by atoms with Crippen LogP contribution in [0.3, 0.4) is 0 Å². The van der Waals surface area contributed by atoms with Gasteiger partial charge >= 0.3 is 0 Å². The van der Waals surface area contributed by atoms with Crippen LogP contribution in [0.1, 0.15) is 37.1 Å². The molecule has 3 aliphatic rings. The van der Waals surface area contributed by atoms with Crippen molar-refractivity contribution in [2.45, 2.75) is 38.4 Å². The number of carbonyl (C=O) groups excluding carboxylic acids is 1. The van der Waals surface area contributed by atoms with Crippen LogP contribution in [0.25, 0.3) is 0 Å². The summed E-state index contributed by atoms with van der Waals surface area (Å²) in [6, 6.07) is 11.4. The maximum Gasteiger partial charge on any atom is 0.219 e. The molecule has 3 aliphatic heterocycles. The number of furan rings is 1. The van der Waals surface area contributed by atoms with Crippen molar-refractivity contribution in [2.24, 2.45) is 11.8 Å². The second kappa shape index (κ2) is 8.16. The Morgan fingerprint density at radius 1 is 1.13 bits per heavy atom. The minimum Gasteiger partial charge on any atom is -0.468 e. The second-order valence-electron chi connectivity index (χ2n) is 9.14. The number of piperidine rings is 1. The van der Waals surface area contributed by atoms with Gasteiger partial charge in [0.25, 0.3) is 0 Å². The largest absolute Gasteiger partial charge is 0.468 e. The van der Waals surface area contributed by atoms with Crippen LogP contribution in [0, 0.1) is 17.7 Å². The molecular formula is C24H30FN3O2. The molecule has 160 valence electrons. The molecule has 30 heavy (non-hydrogen) atoms. The van der Waals surface area contributed by atoms with E-state index in [0.717, 1.165) is 50.6 Å². The molecule has 3 saturated heterocycles. The highest BCUT2D eigenvalue weighted by Gasteiger charge is 2.49. The van der Waals surface area contributed by atoms with Gasteiger partial charge in [-0.3, -0.25) is 14.6 Å². The van der Waals surface area contributed by atoms with Gasteiger partial charge in [0.2, 0.25) is 5.91 Å². The summed E-state index contributed by atoms with van der Waals surface area (Å²) in [6.45, 7) is 7.53. The zero-order valence-corrected chi connectivity index (χ0v) is 17.5. The Morgan fingerprint density at radius 3 is 2.67 bits per heavy atom. The number of fused-ring (bicyclic) bond motifs is 1. The number of halogens is 1. The lowest BCUT2D eigenvalue weighted by Gasteiger charge is -2.37. The van der Waals surface area contributed by atoms with E-state index >= 15 is 0 Å². The predicted octanol–water partition coefficient (Wildman–Crippen LogP) is 3.53. The third kappa shape index (κ3) is 3.79. The molecule has 1 aromatic carbocycles. The van der Waals surface area contributed by atoms with E-state index in [2.05, 4.69) is 9.80 Å². The highest BCUT2D eigenvalue weighted by atomic mass is 19.1. The van der Waals surface area contributed by atoms with E-state index in [1.807, 2.05) is 23.1 Å². The van der Waals surface area contributed by atoms with Gasteiger partial charge in [-0.25, -0.2) is 4.39 Å². The van der Waals surface area contributed by atoms with Gasteiger partial charge in [-0.1, -0.05) is 12.1 Å². The van der Waals surface area contributed by atoms with Crippen LogP contribution in [0.2, 0.25) is 0 Å². The zero-order valence-electron chi connectivity index (χ0n) is 17.5. The molecule has 5 rings (SSSR count).